The van der Waals surface area contributed by atoms with Crippen molar-refractivity contribution in [3.8, 4) is 22.6 Å². The van der Waals surface area contributed by atoms with Gasteiger partial charge in [0.25, 0.3) is 5.91 Å². The van der Waals surface area contributed by atoms with Crippen molar-refractivity contribution in [2.45, 2.75) is 70.8 Å². The summed E-state index contributed by atoms with van der Waals surface area (Å²) in [7, 11) is 3.25. The summed E-state index contributed by atoms with van der Waals surface area (Å²) in [6, 6.07) is 7.46. The Kier molecular flexibility index (Phi) is 5.67. The quantitative estimate of drug-likeness (QED) is 0.643. The van der Waals surface area contributed by atoms with Crippen LogP contribution in [0, 0.1) is 6.92 Å². The van der Waals surface area contributed by atoms with Crippen LogP contribution in [-0.4, -0.2) is 32.2 Å². The lowest BCUT2D eigenvalue weighted by Crippen LogP contribution is -2.34. The average Bonchev–Trinajstić information content (AvgIpc) is 3.07. The molecule has 176 valence electrons. The second kappa shape index (κ2) is 8.08. The zero-order chi connectivity index (χ0) is 24.1. The van der Waals surface area contributed by atoms with Gasteiger partial charge in [-0.15, -0.1) is 0 Å². The molecule has 1 atom stereocenters. The lowest BCUT2D eigenvalue weighted by Gasteiger charge is -2.42. The molecule has 2 N–H and O–H groups in total. The van der Waals surface area contributed by atoms with Crippen molar-refractivity contribution in [1.82, 2.24) is 10.6 Å². The smallest absolute Gasteiger partial charge is 0.322 e. The number of aryl methyl sites for hydroxylation is 1. The van der Waals surface area contributed by atoms with E-state index in [0.29, 0.717) is 17.9 Å². The first kappa shape index (κ1) is 23.1. The van der Waals surface area contributed by atoms with Gasteiger partial charge in [-0.05, 0) is 70.5 Å². The zero-order valence-electron chi connectivity index (χ0n) is 20.6. The SMILES string of the molecule is COc1cc(OC)c(-c2cc3c(cc2C)C(C)(C)CCC3(C)C)cc1CC1NC(=O)NC1=O. The number of hydrogen-bond donors (Lipinski definition) is 2. The van der Waals surface area contributed by atoms with Gasteiger partial charge in [0.05, 0.1) is 14.2 Å². The molecule has 1 unspecified atom stereocenters. The standard InChI is InChI=1S/C27H34N2O4/c1-15-10-19-20(27(4,5)9-8-26(19,2)3)13-17(15)18-11-16(22(32-6)14-23(18)33-7)12-21-24(30)29-25(31)28-21/h10-11,13-14,21H,8-9,12H2,1-7H3,(H2,28,29,30,31). The zero-order valence-corrected chi connectivity index (χ0v) is 20.6. The van der Waals surface area contributed by atoms with Gasteiger partial charge in [0.15, 0.2) is 0 Å². The molecular formula is C27H34N2O4. The van der Waals surface area contributed by atoms with Crippen molar-refractivity contribution in [3.63, 3.8) is 0 Å². The van der Waals surface area contributed by atoms with Crippen molar-refractivity contribution in [3.05, 3.63) is 46.5 Å². The number of carbonyl (C=O) groups excluding carboxylic acids is 2. The first-order chi connectivity index (χ1) is 15.5. The van der Waals surface area contributed by atoms with Crippen LogP contribution in [0.3, 0.4) is 0 Å². The molecule has 3 amide bonds. The number of hydrogen-bond acceptors (Lipinski definition) is 4. The van der Waals surface area contributed by atoms with Gasteiger partial charge in [0.2, 0.25) is 0 Å². The predicted molar refractivity (Wildman–Crippen MR) is 129 cm³/mol. The summed E-state index contributed by atoms with van der Waals surface area (Å²) in [5.74, 6) is 1.02. The molecule has 2 aromatic carbocycles. The Hall–Kier alpha value is -3.02. The minimum absolute atomic E-state index is 0.0854. The summed E-state index contributed by atoms with van der Waals surface area (Å²) < 4.78 is 11.4. The fraction of sp³-hybridized carbons (Fsp3) is 0.481. The topological polar surface area (TPSA) is 76.7 Å². The van der Waals surface area contributed by atoms with Crippen LogP contribution >= 0.6 is 0 Å². The van der Waals surface area contributed by atoms with E-state index in [4.69, 9.17) is 9.47 Å². The van der Waals surface area contributed by atoms with Crippen molar-refractivity contribution in [1.29, 1.82) is 0 Å². The van der Waals surface area contributed by atoms with E-state index >= 15 is 0 Å². The lowest BCUT2D eigenvalue weighted by molar-refractivity contribution is -0.120. The number of ether oxygens (including phenoxy) is 2. The van der Waals surface area contributed by atoms with Crippen LogP contribution in [0.4, 0.5) is 4.79 Å². The molecule has 33 heavy (non-hydrogen) atoms. The molecule has 0 radical (unpaired) electrons. The van der Waals surface area contributed by atoms with Crippen molar-refractivity contribution in [2.24, 2.45) is 0 Å². The molecule has 0 spiro atoms. The maximum Gasteiger partial charge on any atom is 0.322 e. The largest absolute Gasteiger partial charge is 0.496 e. The maximum absolute atomic E-state index is 12.2. The average molecular weight is 451 g/mol. The van der Waals surface area contributed by atoms with E-state index in [1.54, 1.807) is 14.2 Å². The van der Waals surface area contributed by atoms with Gasteiger partial charge in [-0.3, -0.25) is 10.1 Å². The first-order valence-corrected chi connectivity index (χ1v) is 11.5. The van der Waals surface area contributed by atoms with Crippen LogP contribution in [0.2, 0.25) is 0 Å². The summed E-state index contributed by atoms with van der Waals surface area (Å²) in [5.41, 5.74) is 7.10. The number of imide groups is 1. The van der Waals surface area contributed by atoms with Gasteiger partial charge in [-0.25, -0.2) is 4.79 Å². The molecule has 0 bridgehead atoms. The van der Waals surface area contributed by atoms with E-state index in [-0.39, 0.29) is 16.7 Å². The van der Waals surface area contributed by atoms with E-state index in [2.05, 4.69) is 57.4 Å². The number of fused-ring (bicyclic) bond motifs is 1. The highest BCUT2D eigenvalue weighted by Crippen LogP contribution is 2.48. The Morgan fingerprint density at radius 3 is 2.03 bits per heavy atom. The highest BCUT2D eigenvalue weighted by atomic mass is 16.5. The number of urea groups is 1. The summed E-state index contributed by atoms with van der Waals surface area (Å²) in [4.78, 5) is 23.8. The van der Waals surface area contributed by atoms with Crippen LogP contribution in [0.15, 0.2) is 24.3 Å². The molecule has 0 saturated carbocycles. The van der Waals surface area contributed by atoms with Crippen LogP contribution in [0.25, 0.3) is 11.1 Å². The molecule has 0 aromatic heterocycles. The number of nitrogens with one attached hydrogen (secondary N) is 2. The summed E-state index contributed by atoms with van der Waals surface area (Å²) in [6.07, 6.45) is 2.63. The number of benzene rings is 2. The van der Waals surface area contributed by atoms with Crippen LogP contribution in [-0.2, 0) is 22.0 Å². The summed E-state index contributed by atoms with van der Waals surface area (Å²) in [6.45, 7) is 11.4. The molecular weight excluding hydrogens is 416 g/mol. The van der Waals surface area contributed by atoms with E-state index < -0.39 is 12.1 Å². The highest BCUT2D eigenvalue weighted by molar-refractivity contribution is 6.04. The Labute approximate surface area is 196 Å². The van der Waals surface area contributed by atoms with E-state index in [1.807, 2.05) is 12.1 Å². The van der Waals surface area contributed by atoms with Gasteiger partial charge in [-0.2, -0.15) is 0 Å². The maximum atomic E-state index is 12.2. The highest BCUT2D eigenvalue weighted by Gasteiger charge is 2.38. The monoisotopic (exact) mass is 450 g/mol. The normalized spacial score (nSPS) is 20.6. The van der Waals surface area contributed by atoms with Gasteiger partial charge in [-0.1, -0.05) is 33.8 Å². The van der Waals surface area contributed by atoms with E-state index in [0.717, 1.165) is 29.5 Å². The Morgan fingerprint density at radius 1 is 0.879 bits per heavy atom. The number of rotatable bonds is 5. The predicted octanol–water partition coefficient (Wildman–Crippen LogP) is 4.78. The van der Waals surface area contributed by atoms with E-state index in [1.165, 1.54) is 16.7 Å². The molecule has 1 heterocycles. The summed E-state index contributed by atoms with van der Waals surface area (Å²) in [5, 5.41) is 4.98. The molecule has 6 heteroatoms. The third kappa shape index (κ3) is 4.07. The molecule has 6 nitrogen and oxygen atoms in total. The van der Waals surface area contributed by atoms with Crippen LogP contribution in [0.1, 0.15) is 62.8 Å². The Balaban J connectivity index is 1.86. The van der Waals surface area contributed by atoms with Gasteiger partial charge in [0, 0.05) is 18.1 Å². The molecule has 4 rings (SSSR count). The first-order valence-electron chi connectivity index (χ1n) is 11.5. The Morgan fingerprint density at radius 2 is 1.48 bits per heavy atom. The lowest BCUT2D eigenvalue weighted by atomic mass is 9.62. The van der Waals surface area contributed by atoms with Crippen molar-refractivity contribution in [2.75, 3.05) is 14.2 Å². The number of amides is 3. The number of methoxy groups -OCH3 is 2. The molecule has 1 saturated heterocycles. The van der Waals surface area contributed by atoms with Gasteiger partial charge < -0.3 is 14.8 Å². The third-order valence-electron chi connectivity index (χ3n) is 7.37. The summed E-state index contributed by atoms with van der Waals surface area (Å²) >= 11 is 0. The fourth-order valence-corrected chi connectivity index (χ4v) is 5.17. The molecule has 1 aliphatic heterocycles. The van der Waals surface area contributed by atoms with Crippen molar-refractivity contribution < 1.29 is 19.1 Å². The van der Waals surface area contributed by atoms with Gasteiger partial charge in [0.1, 0.15) is 17.5 Å². The molecule has 2 aromatic rings. The minimum Gasteiger partial charge on any atom is -0.496 e. The van der Waals surface area contributed by atoms with Gasteiger partial charge >= 0.3 is 6.03 Å². The fourth-order valence-electron chi connectivity index (χ4n) is 5.17. The van der Waals surface area contributed by atoms with Crippen LogP contribution in [0.5, 0.6) is 11.5 Å². The molecule has 1 aliphatic carbocycles. The second-order valence-electron chi connectivity index (χ2n) is 10.6. The molecule has 2 aliphatic rings. The molecule has 1 fully saturated rings. The van der Waals surface area contributed by atoms with Crippen LogP contribution < -0.4 is 20.1 Å². The third-order valence-corrected chi connectivity index (χ3v) is 7.37. The van der Waals surface area contributed by atoms with Crippen molar-refractivity contribution >= 4 is 11.9 Å². The second-order valence-corrected chi connectivity index (χ2v) is 10.6. The minimum atomic E-state index is -0.628. The number of carbonyl (C=O) groups is 2. The van der Waals surface area contributed by atoms with E-state index in [9.17, 15) is 9.59 Å². The Bertz CT molecular complexity index is 1130.